The molecule has 0 saturated heterocycles. The maximum Gasteiger partial charge on any atom is 0.340 e. The van der Waals surface area contributed by atoms with E-state index in [-0.39, 0.29) is 11.1 Å². The molecule has 2 aromatic rings. The highest BCUT2D eigenvalue weighted by atomic mass is 16.5. The van der Waals surface area contributed by atoms with Crippen molar-refractivity contribution in [3.63, 3.8) is 0 Å². The van der Waals surface area contributed by atoms with E-state index in [9.17, 15) is 14.9 Å². The minimum atomic E-state index is -0.587. The summed E-state index contributed by atoms with van der Waals surface area (Å²) in [7, 11) is 0. The highest BCUT2D eigenvalue weighted by Crippen LogP contribution is 2.19. The lowest BCUT2D eigenvalue weighted by molar-refractivity contribution is -0.112. The van der Waals surface area contributed by atoms with Gasteiger partial charge >= 0.3 is 5.97 Å². The molecule has 0 aliphatic heterocycles. The quantitative estimate of drug-likeness (QED) is 0.294. The molecule has 2 rings (SSSR count). The number of para-hydroxylation sites is 2. The third-order valence-corrected chi connectivity index (χ3v) is 4.20. The molecule has 0 aliphatic rings. The smallest absolute Gasteiger partial charge is 0.340 e. The molecule has 0 heterocycles. The van der Waals surface area contributed by atoms with Gasteiger partial charge in [-0.1, -0.05) is 43.7 Å². The van der Waals surface area contributed by atoms with Crippen molar-refractivity contribution < 1.29 is 14.3 Å². The first kappa shape index (κ1) is 21.7. The molecule has 150 valence electrons. The molecule has 1 N–H and O–H groups in total. The first-order valence-corrected chi connectivity index (χ1v) is 9.61. The number of amides is 1. The Kier molecular flexibility index (Phi) is 8.46. The van der Waals surface area contributed by atoms with Gasteiger partial charge in [0.15, 0.2) is 0 Å². The zero-order chi connectivity index (χ0) is 21.1. The Balaban J connectivity index is 2.20. The van der Waals surface area contributed by atoms with Crippen LogP contribution in [-0.2, 0) is 9.53 Å². The number of rotatable bonds is 9. The van der Waals surface area contributed by atoms with Crippen molar-refractivity contribution in [3.05, 3.63) is 71.9 Å². The molecule has 2 aromatic carbocycles. The van der Waals surface area contributed by atoms with Crippen LogP contribution in [0.25, 0.3) is 0 Å². The molecule has 0 aliphatic carbocycles. The van der Waals surface area contributed by atoms with Crippen LogP contribution >= 0.6 is 0 Å². The maximum absolute atomic E-state index is 12.7. The number of anilines is 2. The van der Waals surface area contributed by atoms with Crippen LogP contribution in [0.3, 0.4) is 0 Å². The number of carbonyl (C=O) groups is 2. The number of carbonyl (C=O) groups excluding carboxylic acids is 2. The molecule has 0 unspecified atom stereocenters. The Hall–Kier alpha value is -3.59. The third kappa shape index (κ3) is 6.22. The second kappa shape index (κ2) is 11.3. The van der Waals surface area contributed by atoms with Gasteiger partial charge in [0.2, 0.25) is 0 Å². The Morgan fingerprint density at radius 1 is 1.10 bits per heavy atom. The van der Waals surface area contributed by atoms with Gasteiger partial charge in [-0.2, -0.15) is 5.26 Å². The minimum absolute atomic E-state index is 0.0649. The number of hydrogen-bond acceptors (Lipinski definition) is 5. The van der Waals surface area contributed by atoms with E-state index in [1.807, 2.05) is 55.1 Å². The van der Waals surface area contributed by atoms with Crippen molar-refractivity contribution in [2.24, 2.45) is 0 Å². The standard InChI is InChI=1S/C23H25N3O3/c1-3-5-15-29-23(28)20-13-9-10-14-21(20)25-22(27)18(16-24)17-26(4-2)19-11-7-6-8-12-19/h6-14,17H,3-5,15H2,1-2H3,(H,25,27)/b18-17-. The zero-order valence-electron chi connectivity index (χ0n) is 16.7. The fourth-order valence-electron chi connectivity index (χ4n) is 2.61. The van der Waals surface area contributed by atoms with Gasteiger partial charge in [0.25, 0.3) is 5.91 Å². The molecular formula is C23H25N3O3. The normalized spacial score (nSPS) is 10.7. The number of nitrogens with one attached hydrogen (secondary N) is 1. The molecule has 29 heavy (non-hydrogen) atoms. The highest BCUT2D eigenvalue weighted by molar-refractivity contribution is 6.09. The summed E-state index contributed by atoms with van der Waals surface area (Å²) in [5.74, 6) is -1.09. The molecule has 0 spiro atoms. The molecule has 0 radical (unpaired) electrons. The van der Waals surface area contributed by atoms with E-state index in [1.165, 1.54) is 6.20 Å². The summed E-state index contributed by atoms with van der Waals surface area (Å²) >= 11 is 0. The largest absolute Gasteiger partial charge is 0.462 e. The van der Waals surface area contributed by atoms with Crippen LogP contribution in [0.4, 0.5) is 11.4 Å². The number of nitrogens with zero attached hydrogens (tertiary/aromatic N) is 2. The predicted octanol–water partition coefficient (Wildman–Crippen LogP) is 4.52. The summed E-state index contributed by atoms with van der Waals surface area (Å²) in [6.45, 7) is 4.84. The zero-order valence-corrected chi connectivity index (χ0v) is 16.7. The lowest BCUT2D eigenvalue weighted by Gasteiger charge is -2.19. The van der Waals surface area contributed by atoms with Crippen LogP contribution in [0.2, 0.25) is 0 Å². The van der Waals surface area contributed by atoms with Crippen LogP contribution in [0.15, 0.2) is 66.4 Å². The highest BCUT2D eigenvalue weighted by Gasteiger charge is 2.17. The van der Waals surface area contributed by atoms with Gasteiger partial charge in [-0.25, -0.2) is 4.79 Å². The number of benzene rings is 2. The third-order valence-electron chi connectivity index (χ3n) is 4.20. The summed E-state index contributed by atoms with van der Waals surface area (Å²) < 4.78 is 5.24. The van der Waals surface area contributed by atoms with Crippen LogP contribution in [0.5, 0.6) is 0 Å². The Morgan fingerprint density at radius 3 is 2.45 bits per heavy atom. The van der Waals surface area contributed by atoms with E-state index in [0.717, 1.165) is 18.5 Å². The van der Waals surface area contributed by atoms with Crippen LogP contribution in [-0.4, -0.2) is 25.0 Å². The number of unbranched alkanes of at least 4 members (excludes halogenated alkanes) is 1. The van der Waals surface area contributed by atoms with Crippen LogP contribution < -0.4 is 10.2 Å². The van der Waals surface area contributed by atoms with Gasteiger partial charge in [-0.15, -0.1) is 0 Å². The van der Waals surface area contributed by atoms with Gasteiger partial charge in [0.1, 0.15) is 11.6 Å². The van der Waals surface area contributed by atoms with Crippen molar-refractivity contribution in [1.29, 1.82) is 5.26 Å². The van der Waals surface area contributed by atoms with Crippen molar-refractivity contribution in [2.75, 3.05) is 23.4 Å². The summed E-state index contributed by atoms with van der Waals surface area (Å²) in [6, 6.07) is 18.0. The summed E-state index contributed by atoms with van der Waals surface area (Å²) in [5, 5.41) is 12.1. The van der Waals surface area contributed by atoms with Crippen LogP contribution in [0.1, 0.15) is 37.0 Å². The number of hydrogen-bond donors (Lipinski definition) is 1. The van der Waals surface area contributed by atoms with Crippen LogP contribution in [0, 0.1) is 11.3 Å². The molecule has 0 fully saturated rings. The molecule has 0 atom stereocenters. The van der Waals surface area contributed by atoms with E-state index in [1.54, 1.807) is 24.3 Å². The molecule has 6 heteroatoms. The molecule has 1 amide bonds. The predicted molar refractivity (Wildman–Crippen MR) is 113 cm³/mol. The molecule has 0 saturated carbocycles. The number of esters is 1. The van der Waals surface area contributed by atoms with Gasteiger partial charge in [0, 0.05) is 18.4 Å². The fourth-order valence-corrected chi connectivity index (χ4v) is 2.61. The monoisotopic (exact) mass is 391 g/mol. The van der Waals surface area contributed by atoms with Crippen molar-refractivity contribution in [2.45, 2.75) is 26.7 Å². The topological polar surface area (TPSA) is 82.4 Å². The lowest BCUT2D eigenvalue weighted by atomic mass is 10.1. The Morgan fingerprint density at radius 2 is 1.79 bits per heavy atom. The lowest BCUT2D eigenvalue weighted by Crippen LogP contribution is -2.21. The molecular weight excluding hydrogens is 366 g/mol. The Bertz CT molecular complexity index is 901. The van der Waals surface area contributed by atoms with Crippen molar-refractivity contribution in [1.82, 2.24) is 0 Å². The van der Waals surface area contributed by atoms with E-state index < -0.39 is 11.9 Å². The van der Waals surface area contributed by atoms with E-state index in [0.29, 0.717) is 18.8 Å². The van der Waals surface area contributed by atoms with Gasteiger partial charge < -0.3 is 15.0 Å². The molecule has 0 aromatic heterocycles. The van der Waals surface area contributed by atoms with Gasteiger partial charge in [-0.05, 0) is 37.6 Å². The second-order valence-corrected chi connectivity index (χ2v) is 6.27. The van der Waals surface area contributed by atoms with Crippen molar-refractivity contribution >= 4 is 23.3 Å². The fraction of sp³-hybridized carbons (Fsp3) is 0.261. The van der Waals surface area contributed by atoms with Gasteiger partial charge in [-0.3, -0.25) is 4.79 Å². The average Bonchev–Trinajstić information content (AvgIpc) is 2.75. The van der Waals surface area contributed by atoms with E-state index >= 15 is 0 Å². The summed E-state index contributed by atoms with van der Waals surface area (Å²) in [5.41, 5.74) is 1.37. The first-order valence-electron chi connectivity index (χ1n) is 9.61. The maximum atomic E-state index is 12.7. The summed E-state index contributed by atoms with van der Waals surface area (Å²) in [6.07, 6.45) is 3.19. The Labute approximate surface area is 171 Å². The second-order valence-electron chi connectivity index (χ2n) is 6.27. The average molecular weight is 391 g/mol. The summed E-state index contributed by atoms with van der Waals surface area (Å²) in [4.78, 5) is 26.8. The molecule has 0 bridgehead atoms. The van der Waals surface area contributed by atoms with E-state index in [4.69, 9.17) is 4.74 Å². The van der Waals surface area contributed by atoms with Crippen molar-refractivity contribution in [3.8, 4) is 6.07 Å². The molecule has 6 nitrogen and oxygen atoms in total. The van der Waals surface area contributed by atoms with Gasteiger partial charge in [0.05, 0.1) is 17.9 Å². The number of ether oxygens (including phenoxy) is 1. The minimum Gasteiger partial charge on any atom is -0.462 e. The van der Waals surface area contributed by atoms with E-state index in [2.05, 4.69) is 5.32 Å². The number of nitriles is 1. The SMILES string of the molecule is CCCCOC(=O)c1ccccc1NC(=O)/C(C#N)=C\N(CC)c1ccccc1. The first-order chi connectivity index (χ1) is 14.1.